The molecular weight excluding hydrogens is 140 g/mol. The summed E-state index contributed by atoms with van der Waals surface area (Å²) in [6.45, 7) is 3.92. The van der Waals surface area contributed by atoms with Crippen LogP contribution in [0, 0.1) is 6.92 Å². The van der Waals surface area contributed by atoms with Gasteiger partial charge >= 0.3 is 0 Å². The number of rotatable bonds is 2. The van der Waals surface area contributed by atoms with E-state index in [2.05, 4.69) is 0 Å². The van der Waals surface area contributed by atoms with Crippen LogP contribution in [0.15, 0.2) is 22.3 Å². The molecule has 0 bridgehead atoms. The Morgan fingerprint density at radius 2 is 2.45 bits per heavy atom. The number of hydrogen-bond acceptors (Lipinski definition) is 2. The van der Waals surface area contributed by atoms with Crippen molar-refractivity contribution in [3.05, 3.63) is 29.2 Å². The Balaban J connectivity index is 2.86. The van der Waals surface area contributed by atoms with E-state index in [1.165, 1.54) is 0 Å². The quantitative estimate of drug-likeness (QED) is 0.703. The van der Waals surface area contributed by atoms with Crippen LogP contribution in [-0.2, 0) is 0 Å². The fourth-order valence-corrected chi connectivity index (χ4v) is 0.802. The van der Waals surface area contributed by atoms with Crippen molar-refractivity contribution in [1.29, 1.82) is 0 Å². The molecule has 1 aromatic rings. The smallest absolute Gasteiger partial charge is 0.129 e. The monoisotopic (exact) mass is 152 g/mol. The van der Waals surface area contributed by atoms with Crippen molar-refractivity contribution >= 4 is 6.08 Å². The van der Waals surface area contributed by atoms with Crippen molar-refractivity contribution in [2.24, 2.45) is 0 Å². The lowest BCUT2D eigenvalue weighted by molar-refractivity contribution is 0.332. The first-order valence-electron chi connectivity index (χ1n) is 3.56. The molecule has 0 atom stereocenters. The molecule has 0 aromatic carbocycles. The van der Waals surface area contributed by atoms with E-state index in [4.69, 9.17) is 9.52 Å². The normalized spacial score (nSPS) is 12.1. The van der Waals surface area contributed by atoms with Crippen molar-refractivity contribution in [3.8, 4) is 0 Å². The number of aliphatic hydroxyl groups excluding tert-OH is 1. The van der Waals surface area contributed by atoms with Gasteiger partial charge in [-0.25, -0.2) is 0 Å². The first kappa shape index (κ1) is 8.08. The maximum absolute atomic E-state index is 8.71. The Morgan fingerprint density at radius 1 is 1.73 bits per heavy atom. The van der Waals surface area contributed by atoms with Crippen LogP contribution in [0.25, 0.3) is 6.08 Å². The first-order chi connectivity index (χ1) is 5.24. The Morgan fingerprint density at radius 3 is 2.91 bits per heavy atom. The van der Waals surface area contributed by atoms with Crippen LogP contribution in [-0.4, -0.2) is 11.7 Å². The van der Waals surface area contributed by atoms with Crippen molar-refractivity contribution in [1.82, 2.24) is 0 Å². The molecule has 11 heavy (non-hydrogen) atoms. The zero-order valence-electron chi connectivity index (χ0n) is 6.79. The molecule has 1 N–H and O–H groups in total. The van der Waals surface area contributed by atoms with Gasteiger partial charge in [-0.3, -0.25) is 0 Å². The Hall–Kier alpha value is -1.02. The molecule has 2 nitrogen and oxygen atoms in total. The molecule has 0 saturated heterocycles. The lowest BCUT2D eigenvalue weighted by atomic mass is 10.2. The molecule has 0 spiro atoms. The molecule has 1 heterocycles. The fourth-order valence-electron chi connectivity index (χ4n) is 0.802. The highest BCUT2D eigenvalue weighted by Crippen LogP contribution is 2.12. The topological polar surface area (TPSA) is 33.4 Å². The zero-order chi connectivity index (χ0) is 8.27. The molecule has 1 aromatic heterocycles. The second kappa shape index (κ2) is 3.39. The zero-order valence-corrected chi connectivity index (χ0v) is 6.79. The molecule has 0 aliphatic rings. The molecule has 1 rings (SSSR count). The largest absolute Gasteiger partial charge is 0.465 e. The summed E-state index contributed by atoms with van der Waals surface area (Å²) in [4.78, 5) is 0. The van der Waals surface area contributed by atoms with E-state index in [0.29, 0.717) is 0 Å². The molecule has 0 aliphatic carbocycles. The predicted octanol–water partition coefficient (Wildman–Crippen LogP) is 1.98. The van der Waals surface area contributed by atoms with Gasteiger partial charge in [0.05, 0.1) is 12.9 Å². The summed E-state index contributed by atoms with van der Waals surface area (Å²) >= 11 is 0. The van der Waals surface area contributed by atoms with Crippen LogP contribution in [0.1, 0.15) is 18.2 Å². The van der Waals surface area contributed by atoms with E-state index in [1.54, 1.807) is 6.26 Å². The lowest BCUT2D eigenvalue weighted by Crippen LogP contribution is -1.83. The third-order valence-corrected chi connectivity index (χ3v) is 1.53. The number of aryl methyl sites for hydroxylation is 1. The van der Waals surface area contributed by atoms with Gasteiger partial charge in [0, 0.05) is 0 Å². The summed E-state index contributed by atoms with van der Waals surface area (Å²) in [7, 11) is 0. The van der Waals surface area contributed by atoms with Gasteiger partial charge in [0.25, 0.3) is 0 Å². The summed E-state index contributed by atoms with van der Waals surface area (Å²) in [6, 6.07) is 1.90. The molecular formula is C9H12O2. The van der Waals surface area contributed by atoms with Crippen LogP contribution in [0.4, 0.5) is 0 Å². The summed E-state index contributed by atoms with van der Waals surface area (Å²) < 4.78 is 5.15. The molecule has 0 fully saturated rings. The minimum Gasteiger partial charge on any atom is -0.465 e. The van der Waals surface area contributed by atoms with E-state index in [0.717, 1.165) is 16.9 Å². The SMILES string of the molecule is C/C(=C/c1occc1C)CO. The summed E-state index contributed by atoms with van der Waals surface area (Å²) in [5.41, 5.74) is 2.00. The van der Waals surface area contributed by atoms with Gasteiger partial charge < -0.3 is 9.52 Å². The van der Waals surface area contributed by atoms with Gasteiger partial charge in [-0.2, -0.15) is 0 Å². The highest BCUT2D eigenvalue weighted by molar-refractivity contribution is 5.50. The highest BCUT2D eigenvalue weighted by atomic mass is 16.3. The van der Waals surface area contributed by atoms with Gasteiger partial charge in [0.1, 0.15) is 5.76 Å². The Labute approximate surface area is 66.2 Å². The standard InChI is InChI=1S/C9H12O2/c1-7(6-10)5-9-8(2)3-4-11-9/h3-5,10H,6H2,1-2H3/b7-5-. The van der Waals surface area contributed by atoms with Crippen LogP contribution in [0.2, 0.25) is 0 Å². The van der Waals surface area contributed by atoms with Crippen LogP contribution in [0.3, 0.4) is 0 Å². The average Bonchev–Trinajstić information content (AvgIpc) is 2.37. The summed E-state index contributed by atoms with van der Waals surface area (Å²) in [5, 5.41) is 8.71. The third-order valence-electron chi connectivity index (χ3n) is 1.53. The van der Waals surface area contributed by atoms with Crippen molar-refractivity contribution in [2.75, 3.05) is 6.61 Å². The molecule has 0 radical (unpaired) electrons. The second-order valence-electron chi connectivity index (χ2n) is 2.62. The van der Waals surface area contributed by atoms with Crippen LogP contribution in [0.5, 0.6) is 0 Å². The van der Waals surface area contributed by atoms with Gasteiger partial charge in [-0.1, -0.05) is 0 Å². The van der Waals surface area contributed by atoms with Gasteiger partial charge in [0.15, 0.2) is 0 Å². The Kier molecular flexibility index (Phi) is 2.49. The Bertz CT molecular complexity index is 258. The summed E-state index contributed by atoms with van der Waals surface area (Å²) in [5.74, 6) is 0.830. The predicted molar refractivity (Wildman–Crippen MR) is 44.2 cm³/mol. The molecule has 0 aliphatic heterocycles. The van der Waals surface area contributed by atoms with E-state index in [-0.39, 0.29) is 6.61 Å². The minimum absolute atomic E-state index is 0.0835. The van der Waals surface area contributed by atoms with Gasteiger partial charge in [-0.05, 0) is 37.1 Å². The number of furan rings is 1. The van der Waals surface area contributed by atoms with E-state index < -0.39 is 0 Å². The molecule has 60 valence electrons. The van der Waals surface area contributed by atoms with Gasteiger partial charge in [0.2, 0.25) is 0 Å². The van der Waals surface area contributed by atoms with Crippen molar-refractivity contribution < 1.29 is 9.52 Å². The minimum atomic E-state index is 0.0835. The van der Waals surface area contributed by atoms with E-state index >= 15 is 0 Å². The molecule has 0 saturated carbocycles. The lowest BCUT2D eigenvalue weighted by Gasteiger charge is -1.92. The van der Waals surface area contributed by atoms with Crippen molar-refractivity contribution in [2.45, 2.75) is 13.8 Å². The average molecular weight is 152 g/mol. The first-order valence-corrected chi connectivity index (χ1v) is 3.56. The van der Waals surface area contributed by atoms with Gasteiger partial charge in [-0.15, -0.1) is 0 Å². The number of hydrogen-bond donors (Lipinski definition) is 1. The van der Waals surface area contributed by atoms with Crippen LogP contribution >= 0.6 is 0 Å². The molecule has 0 unspecified atom stereocenters. The van der Waals surface area contributed by atoms with Crippen molar-refractivity contribution in [3.63, 3.8) is 0 Å². The third kappa shape index (κ3) is 1.95. The maximum Gasteiger partial charge on any atom is 0.129 e. The fraction of sp³-hybridized carbons (Fsp3) is 0.333. The van der Waals surface area contributed by atoms with E-state index in [1.807, 2.05) is 26.0 Å². The molecule has 2 heteroatoms. The van der Waals surface area contributed by atoms with Crippen LogP contribution < -0.4 is 0 Å². The number of aliphatic hydroxyl groups is 1. The highest BCUT2D eigenvalue weighted by Gasteiger charge is 1.97. The second-order valence-corrected chi connectivity index (χ2v) is 2.62. The summed E-state index contributed by atoms with van der Waals surface area (Å²) in [6.07, 6.45) is 3.49. The maximum atomic E-state index is 8.71. The van der Waals surface area contributed by atoms with E-state index in [9.17, 15) is 0 Å². The molecule has 0 amide bonds.